The van der Waals surface area contributed by atoms with Gasteiger partial charge in [0.2, 0.25) is 0 Å². The highest BCUT2D eigenvalue weighted by Gasteiger charge is 2.54. The Balaban J connectivity index is 2.68. The van der Waals surface area contributed by atoms with Crippen LogP contribution in [0.3, 0.4) is 0 Å². The standard InChI is InChI=1S/C19H12Cl4O5S/c20-12-5-2-1-4-10(12)19(29(26,27)28,18-13(21)6-3-7-16(18)24)11-8-14(22)15(23)9-17(11)25/h1-9,24-25H,(H,26,27,28). The lowest BCUT2D eigenvalue weighted by atomic mass is 9.82. The second kappa shape index (κ2) is 7.87. The summed E-state index contributed by atoms with van der Waals surface area (Å²) in [4.78, 5) is 0. The Morgan fingerprint density at radius 3 is 1.86 bits per heavy atom. The normalized spacial score (nSPS) is 13.8. The van der Waals surface area contributed by atoms with E-state index < -0.39 is 37.5 Å². The minimum absolute atomic E-state index is 0.0558. The van der Waals surface area contributed by atoms with Gasteiger partial charge >= 0.3 is 0 Å². The summed E-state index contributed by atoms with van der Waals surface area (Å²) in [5, 5.41) is 20.8. The number of phenolic OH excluding ortho intramolecular Hbond substituents is 2. The van der Waals surface area contributed by atoms with Gasteiger partial charge in [-0.3, -0.25) is 4.55 Å². The van der Waals surface area contributed by atoms with Gasteiger partial charge in [-0.2, -0.15) is 8.42 Å². The smallest absolute Gasteiger partial charge is 0.283 e. The Hall–Kier alpha value is -1.67. The monoisotopic (exact) mass is 492 g/mol. The first-order valence-electron chi connectivity index (χ1n) is 7.90. The second-order valence-electron chi connectivity index (χ2n) is 6.05. The molecule has 0 saturated carbocycles. The lowest BCUT2D eigenvalue weighted by Crippen LogP contribution is -2.39. The molecule has 29 heavy (non-hydrogen) atoms. The first-order valence-corrected chi connectivity index (χ1v) is 10.9. The molecule has 0 saturated heterocycles. The molecule has 0 aliphatic heterocycles. The van der Waals surface area contributed by atoms with E-state index in [1.54, 1.807) is 6.07 Å². The zero-order valence-electron chi connectivity index (χ0n) is 14.3. The van der Waals surface area contributed by atoms with Gasteiger partial charge in [-0.1, -0.05) is 70.7 Å². The fourth-order valence-electron chi connectivity index (χ4n) is 3.25. The molecule has 0 spiro atoms. The molecule has 0 bridgehead atoms. The van der Waals surface area contributed by atoms with Crippen LogP contribution < -0.4 is 0 Å². The molecule has 0 heterocycles. The molecule has 3 rings (SSSR count). The van der Waals surface area contributed by atoms with Gasteiger partial charge in [0.1, 0.15) is 11.5 Å². The highest BCUT2D eigenvalue weighted by Crippen LogP contribution is 2.54. The van der Waals surface area contributed by atoms with Gasteiger partial charge in [0.25, 0.3) is 10.1 Å². The minimum Gasteiger partial charge on any atom is -0.508 e. The predicted octanol–water partition coefficient (Wildman–Crippen LogP) is 5.89. The van der Waals surface area contributed by atoms with Crippen molar-refractivity contribution in [1.82, 2.24) is 0 Å². The van der Waals surface area contributed by atoms with E-state index >= 15 is 0 Å². The van der Waals surface area contributed by atoms with Crippen LogP contribution in [0.5, 0.6) is 11.5 Å². The maximum atomic E-state index is 13.0. The summed E-state index contributed by atoms with van der Waals surface area (Å²) in [6.45, 7) is 0. The van der Waals surface area contributed by atoms with Crippen molar-refractivity contribution in [2.75, 3.05) is 0 Å². The van der Waals surface area contributed by atoms with Gasteiger partial charge in [0, 0.05) is 32.8 Å². The average Bonchev–Trinajstić information content (AvgIpc) is 2.62. The molecule has 3 aromatic rings. The van der Waals surface area contributed by atoms with Crippen LogP contribution in [0.25, 0.3) is 0 Å². The van der Waals surface area contributed by atoms with Gasteiger partial charge in [0.05, 0.1) is 10.0 Å². The molecule has 0 fully saturated rings. The van der Waals surface area contributed by atoms with Crippen LogP contribution in [0, 0.1) is 0 Å². The van der Waals surface area contributed by atoms with Crippen molar-refractivity contribution in [3.8, 4) is 11.5 Å². The van der Waals surface area contributed by atoms with E-state index in [0.717, 1.165) is 12.1 Å². The Kier molecular flexibility index (Phi) is 5.98. The summed E-state index contributed by atoms with van der Waals surface area (Å²) >= 11 is 24.6. The van der Waals surface area contributed by atoms with E-state index in [2.05, 4.69) is 0 Å². The largest absolute Gasteiger partial charge is 0.508 e. The second-order valence-corrected chi connectivity index (χ2v) is 9.24. The molecule has 0 aromatic heterocycles. The Labute approximate surface area is 186 Å². The van der Waals surface area contributed by atoms with Crippen molar-refractivity contribution < 1.29 is 23.2 Å². The van der Waals surface area contributed by atoms with E-state index in [4.69, 9.17) is 46.4 Å². The lowest BCUT2D eigenvalue weighted by molar-refractivity contribution is 0.428. The van der Waals surface area contributed by atoms with Crippen LogP contribution in [-0.4, -0.2) is 23.2 Å². The van der Waals surface area contributed by atoms with Crippen LogP contribution >= 0.6 is 46.4 Å². The van der Waals surface area contributed by atoms with E-state index in [9.17, 15) is 23.2 Å². The molecular formula is C19H12Cl4O5S. The molecular weight excluding hydrogens is 482 g/mol. The molecule has 3 N–H and O–H groups in total. The Bertz CT molecular complexity index is 1190. The molecule has 10 heteroatoms. The Morgan fingerprint density at radius 2 is 1.28 bits per heavy atom. The number of hydrogen-bond donors (Lipinski definition) is 3. The van der Waals surface area contributed by atoms with Crippen LogP contribution in [-0.2, 0) is 14.9 Å². The zero-order chi connectivity index (χ0) is 21.6. The van der Waals surface area contributed by atoms with Gasteiger partial charge in [-0.05, 0) is 24.3 Å². The fraction of sp³-hybridized carbons (Fsp3) is 0.0526. The summed E-state index contributed by atoms with van der Waals surface area (Å²) in [5.41, 5.74) is -0.974. The van der Waals surface area contributed by atoms with Crippen LogP contribution in [0.15, 0.2) is 54.6 Å². The number of halogens is 4. The van der Waals surface area contributed by atoms with Crippen molar-refractivity contribution >= 4 is 56.5 Å². The summed E-state index contributed by atoms with van der Waals surface area (Å²) in [5.74, 6) is -1.17. The summed E-state index contributed by atoms with van der Waals surface area (Å²) < 4.78 is 33.9. The first-order chi connectivity index (χ1) is 13.5. The van der Waals surface area contributed by atoms with Crippen molar-refractivity contribution in [2.45, 2.75) is 4.75 Å². The van der Waals surface area contributed by atoms with Crippen molar-refractivity contribution in [2.24, 2.45) is 0 Å². The lowest BCUT2D eigenvalue weighted by Gasteiger charge is -2.34. The summed E-state index contributed by atoms with van der Waals surface area (Å²) in [6, 6.07) is 11.7. The molecule has 0 aliphatic carbocycles. The number of hydrogen-bond acceptors (Lipinski definition) is 4. The quantitative estimate of drug-likeness (QED) is 0.311. The van der Waals surface area contributed by atoms with Gasteiger partial charge in [0.15, 0.2) is 4.75 Å². The molecule has 0 aliphatic rings. The van der Waals surface area contributed by atoms with Crippen LogP contribution in [0.2, 0.25) is 20.1 Å². The topological polar surface area (TPSA) is 94.8 Å². The van der Waals surface area contributed by atoms with Gasteiger partial charge in [-0.15, -0.1) is 0 Å². The fourth-order valence-corrected chi connectivity index (χ4v) is 5.64. The molecule has 5 nitrogen and oxygen atoms in total. The molecule has 0 amide bonds. The maximum Gasteiger partial charge on any atom is 0.283 e. The van der Waals surface area contributed by atoms with Crippen molar-refractivity contribution in [3.05, 3.63) is 91.4 Å². The SMILES string of the molecule is O=S(=O)(O)C(c1cc(Cl)c(Cl)cc1O)(c1ccccc1Cl)c1c(O)cccc1Cl. The third kappa shape index (κ3) is 3.54. The van der Waals surface area contributed by atoms with E-state index in [1.165, 1.54) is 36.4 Å². The van der Waals surface area contributed by atoms with E-state index in [-0.39, 0.29) is 25.7 Å². The third-order valence-electron chi connectivity index (χ3n) is 4.40. The predicted molar refractivity (Wildman–Crippen MR) is 114 cm³/mol. The Morgan fingerprint density at radius 1 is 0.690 bits per heavy atom. The number of phenols is 2. The van der Waals surface area contributed by atoms with Crippen LogP contribution in [0.1, 0.15) is 16.7 Å². The molecule has 3 aromatic carbocycles. The van der Waals surface area contributed by atoms with E-state index in [1.807, 2.05) is 0 Å². The van der Waals surface area contributed by atoms with Crippen molar-refractivity contribution in [1.29, 1.82) is 0 Å². The number of benzene rings is 3. The summed E-state index contributed by atoms with van der Waals surface area (Å²) in [7, 11) is -5.20. The van der Waals surface area contributed by atoms with Gasteiger partial charge in [-0.25, -0.2) is 0 Å². The highest BCUT2D eigenvalue weighted by molar-refractivity contribution is 7.87. The minimum atomic E-state index is -5.20. The molecule has 152 valence electrons. The van der Waals surface area contributed by atoms with Crippen molar-refractivity contribution in [3.63, 3.8) is 0 Å². The van der Waals surface area contributed by atoms with Gasteiger partial charge < -0.3 is 10.2 Å². The highest BCUT2D eigenvalue weighted by atomic mass is 35.5. The molecule has 0 radical (unpaired) electrons. The summed E-state index contributed by atoms with van der Waals surface area (Å²) in [6.07, 6.45) is 0. The number of rotatable bonds is 4. The van der Waals surface area contributed by atoms with Crippen LogP contribution in [0.4, 0.5) is 0 Å². The average molecular weight is 494 g/mol. The third-order valence-corrected chi connectivity index (χ3v) is 7.19. The molecule has 1 atom stereocenters. The van der Waals surface area contributed by atoms with E-state index in [0.29, 0.717) is 0 Å². The molecule has 1 unspecified atom stereocenters. The zero-order valence-corrected chi connectivity index (χ0v) is 18.1. The maximum absolute atomic E-state index is 13.0. The number of aromatic hydroxyl groups is 2. The first kappa shape index (κ1) is 22.0.